The number of carbonyl (C=O) groups excluding carboxylic acids is 1. The molecule has 144 valence electrons. The largest absolute Gasteiger partial charge is 0.336 e. The van der Waals surface area contributed by atoms with Crippen LogP contribution in [0.2, 0.25) is 0 Å². The van der Waals surface area contributed by atoms with E-state index in [1.165, 1.54) is 17.0 Å². The molecule has 1 heterocycles. The van der Waals surface area contributed by atoms with E-state index in [0.29, 0.717) is 11.6 Å². The minimum atomic E-state index is -4.14. The fraction of sp³-hybridized carbons (Fsp3) is 0.278. The molecule has 5 nitrogen and oxygen atoms in total. The predicted octanol–water partition coefficient (Wildman–Crippen LogP) is 2.56. The Balaban J connectivity index is 1.75. The van der Waals surface area contributed by atoms with Crippen molar-refractivity contribution in [1.29, 1.82) is 0 Å². The van der Waals surface area contributed by atoms with Gasteiger partial charge in [0, 0.05) is 37.8 Å². The molecule has 0 aromatic heterocycles. The summed E-state index contributed by atoms with van der Waals surface area (Å²) in [6, 6.07) is 6.18. The third-order valence-electron chi connectivity index (χ3n) is 4.47. The third kappa shape index (κ3) is 3.84. The lowest BCUT2D eigenvalue weighted by Gasteiger charge is -2.34. The lowest BCUT2D eigenvalue weighted by Crippen LogP contribution is -2.50. The Labute approximate surface area is 155 Å². The summed E-state index contributed by atoms with van der Waals surface area (Å²) < 4.78 is 66.5. The molecule has 1 amide bonds. The molecule has 0 aliphatic carbocycles. The van der Waals surface area contributed by atoms with Gasteiger partial charge in [-0.25, -0.2) is 21.6 Å². The maximum absolute atomic E-state index is 13.9. The minimum absolute atomic E-state index is 0.0424. The van der Waals surface area contributed by atoms with Gasteiger partial charge < -0.3 is 4.90 Å². The molecule has 0 unspecified atom stereocenters. The van der Waals surface area contributed by atoms with Crippen LogP contribution in [-0.4, -0.2) is 49.7 Å². The van der Waals surface area contributed by atoms with E-state index in [4.69, 9.17) is 0 Å². The van der Waals surface area contributed by atoms with Crippen LogP contribution in [0, 0.1) is 24.4 Å². The molecule has 0 bridgehead atoms. The number of nitrogens with zero attached hydrogens (tertiary/aromatic N) is 2. The van der Waals surface area contributed by atoms with Gasteiger partial charge in [-0.2, -0.15) is 4.31 Å². The number of rotatable bonds is 3. The van der Waals surface area contributed by atoms with Crippen LogP contribution < -0.4 is 0 Å². The normalized spacial score (nSPS) is 15.8. The van der Waals surface area contributed by atoms with Crippen LogP contribution in [0.4, 0.5) is 13.2 Å². The second-order valence-corrected chi connectivity index (χ2v) is 8.14. The Morgan fingerprint density at radius 2 is 1.52 bits per heavy atom. The quantitative estimate of drug-likeness (QED) is 0.799. The van der Waals surface area contributed by atoms with E-state index < -0.39 is 38.3 Å². The van der Waals surface area contributed by atoms with Gasteiger partial charge in [0.05, 0.1) is 0 Å². The summed E-state index contributed by atoms with van der Waals surface area (Å²) in [5.74, 6) is -2.95. The van der Waals surface area contributed by atoms with E-state index in [2.05, 4.69) is 0 Å². The van der Waals surface area contributed by atoms with Crippen molar-refractivity contribution >= 4 is 15.9 Å². The molecule has 1 aliphatic heterocycles. The summed E-state index contributed by atoms with van der Waals surface area (Å²) in [7, 11) is -4.14. The van der Waals surface area contributed by atoms with Gasteiger partial charge in [-0.1, -0.05) is 6.07 Å². The molecule has 0 saturated carbocycles. The number of carbonyl (C=O) groups is 1. The molecule has 1 fully saturated rings. The summed E-state index contributed by atoms with van der Waals surface area (Å²) in [4.78, 5) is 13.4. The maximum atomic E-state index is 13.9. The Kier molecular flexibility index (Phi) is 5.25. The molecule has 0 atom stereocenters. The van der Waals surface area contributed by atoms with Gasteiger partial charge in [-0.15, -0.1) is 0 Å². The molecule has 27 heavy (non-hydrogen) atoms. The number of halogens is 3. The van der Waals surface area contributed by atoms with Crippen molar-refractivity contribution in [3.05, 3.63) is 65.0 Å². The number of aryl methyl sites for hydroxylation is 1. The lowest BCUT2D eigenvalue weighted by atomic mass is 10.1. The fourth-order valence-corrected chi connectivity index (χ4v) is 4.42. The van der Waals surface area contributed by atoms with Gasteiger partial charge >= 0.3 is 0 Å². The van der Waals surface area contributed by atoms with E-state index in [1.54, 1.807) is 6.92 Å². The van der Waals surface area contributed by atoms with E-state index in [0.717, 1.165) is 22.5 Å². The molecule has 0 radical (unpaired) electrons. The van der Waals surface area contributed by atoms with Crippen molar-refractivity contribution in [3.63, 3.8) is 0 Å². The van der Waals surface area contributed by atoms with Crippen LogP contribution in [0.5, 0.6) is 0 Å². The van der Waals surface area contributed by atoms with Gasteiger partial charge in [0.1, 0.15) is 22.3 Å². The van der Waals surface area contributed by atoms with Crippen molar-refractivity contribution < 1.29 is 26.4 Å². The first-order valence-electron chi connectivity index (χ1n) is 8.21. The standard InChI is InChI=1S/C18H17F3N2O3S/c1-12-2-3-13(19)10-15(12)18(24)22-6-8-23(9-7-22)27(25,26)17-5-4-14(20)11-16(17)21/h2-5,10-11H,6-9H2,1H3. The van der Waals surface area contributed by atoms with E-state index in [9.17, 15) is 26.4 Å². The second-order valence-electron chi connectivity index (χ2n) is 6.23. The summed E-state index contributed by atoms with van der Waals surface area (Å²) in [6.45, 7) is 1.76. The van der Waals surface area contributed by atoms with E-state index in [-0.39, 0.29) is 31.7 Å². The maximum Gasteiger partial charge on any atom is 0.254 e. The zero-order valence-electron chi connectivity index (χ0n) is 14.5. The number of sulfonamides is 1. The zero-order chi connectivity index (χ0) is 19.8. The number of amides is 1. The molecule has 1 aliphatic rings. The molecule has 9 heteroatoms. The van der Waals surface area contributed by atoms with Crippen LogP contribution in [0.1, 0.15) is 15.9 Å². The fourth-order valence-electron chi connectivity index (χ4n) is 2.95. The van der Waals surface area contributed by atoms with Crippen molar-refractivity contribution in [2.24, 2.45) is 0 Å². The van der Waals surface area contributed by atoms with Crippen LogP contribution in [0.25, 0.3) is 0 Å². The average Bonchev–Trinajstić information content (AvgIpc) is 2.63. The molecular weight excluding hydrogens is 381 g/mol. The Morgan fingerprint density at radius 1 is 0.926 bits per heavy atom. The highest BCUT2D eigenvalue weighted by molar-refractivity contribution is 7.89. The average molecular weight is 398 g/mol. The van der Waals surface area contributed by atoms with Crippen molar-refractivity contribution in [2.45, 2.75) is 11.8 Å². The Hall–Kier alpha value is -2.39. The summed E-state index contributed by atoms with van der Waals surface area (Å²) in [5, 5.41) is 0. The zero-order valence-corrected chi connectivity index (χ0v) is 15.3. The molecule has 2 aromatic carbocycles. The first-order valence-corrected chi connectivity index (χ1v) is 9.65. The SMILES string of the molecule is Cc1ccc(F)cc1C(=O)N1CCN(S(=O)(=O)c2ccc(F)cc2F)CC1. The van der Waals surface area contributed by atoms with Crippen LogP contribution >= 0.6 is 0 Å². The first-order chi connectivity index (χ1) is 12.7. The number of piperazine rings is 1. The Morgan fingerprint density at radius 3 is 2.15 bits per heavy atom. The predicted molar refractivity (Wildman–Crippen MR) is 92.2 cm³/mol. The third-order valence-corrected chi connectivity index (χ3v) is 6.40. The second kappa shape index (κ2) is 7.32. The van der Waals surface area contributed by atoms with E-state index >= 15 is 0 Å². The highest BCUT2D eigenvalue weighted by atomic mass is 32.2. The highest BCUT2D eigenvalue weighted by Crippen LogP contribution is 2.22. The van der Waals surface area contributed by atoms with Gasteiger partial charge in [-0.05, 0) is 36.8 Å². The smallest absolute Gasteiger partial charge is 0.254 e. The van der Waals surface area contributed by atoms with Crippen molar-refractivity contribution in [2.75, 3.05) is 26.2 Å². The monoisotopic (exact) mass is 398 g/mol. The number of hydrogen-bond donors (Lipinski definition) is 0. The van der Waals surface area contributed by atoms with Gasteiger partial charge in [0.25, 0.3) is 5.91 Å². The summed E-state index contributed by atoms with van der Waals surface area (Å²) in [5.41, 5.74) is 0.834. The van der Waals surface area contributed by atoms with Crippen molar-refractivity contribution in [3.8, 4) is 0 Å². The van der Waals surface area contributed by atoms with Crippen LogP contribution in [0.3, 0.4) is 0 Å². The van der Waals surface area contributed by atoms with Crippen molar-refractivity contribution in [1.82, 2.24) is 9.21 Å². The Bertz CT molecular complexity index is 987. The van der Waals surface area contributed by atoms with E-state index in [1.807, 2.05) is 0 Å². The molecule has 3 rings (SSSR count). The highest BCUT2D eigenvalue weighted by Gasteiger charge is 2.32. The number of hydrogen-bond acceptors (Lipinski definition) is 3. The minimum Gasteiger partial charge on any atom is -0.336 e. The molecule has 0 spiro atoms. The van der Waals surface area contributed by atoms with Gasteiger partial charge in [0.15, 0.2) is 0 Å². The molecule has 1 saturated heterocycles. The topological polar surface area (TPSA) is 57.7 Å². The first kappa shape index (κ1) is 19.4. The molecular formula is C18H17F3N2O3S. The van der Waals surface area contributed by atoms with Crippen LogP contribution in [-0.2, 0) is 10.0 Å². The number of benzene rings is 2. The summed E-state index contributed by atoms with van der Waals surface area (Å²) >= 11 is 0. The molecule has 2 aromatic rings. The summed E-state index contributed by atoms with van der Waals surface area (Å²) in [6.07, 6.45) is 0. The van der Waals surface area contributed by atoms with Gasteiger partial charge in [0.2, 0.25) is 10.0 Å². The van der Waals surface area contributed by atoms with Crippen LogP contribution in [0.15, 0.2) is 41.3 Å². The van der Waals surface area contributed by atoms with Gasteiger partial charge in [-0.3, -0.25) is 4.79 Å². The molecule has 0 N–H and O–H groups in total. The lowest BCUT2D eigenvalue weighted by molar-refractivity contribution is 0.0696.